The summed E-state index contributed by atoms with van der Waals surface area (Å²) in [6, 6.07) is 7.10. The van der Waals surface area contributed by atoms with Crippen LogP contribution in [0.5, 0.6) is 5.75 Å². The minimum Gasteiger partial charge on any atom is -0.508 e. The first-order valence-electron chi connectivity index (χ1n) is 10.3. The number of aromatic hydroxyl groups is 1. The molecule has 0 amide bonds. The van der Waals surface area contributed by atoms with Gasteiger partial charge in [0.1, 0.15) is 5.75 Å². The minimum atomic E-state index is 0.135. The van der Waals surface area contributed by atoms with Gasteiger partial charge in [-0.25, -0.2) is 0 Å². The summed E-state index contributed by atoms with van der Waals surface area (Å²) in [7, 11) is 2.28. The lowest BCUT2D eigenvalue weighted by molar-refractivity contribution is 0.0649. The zero-order chi connectivity index (χ0) is 17.4. The molecular formula is C22H34N2O. The summed E-state index contributed by atoms with van der Waals surface area (Å²) in [6.07, 6.45) is 10.8. The summed E-state index contributed by atoms with van der Waals surface area (Å²) in [5.74, 6) is 1.35. The Labute approximate surface area is 152 Å². The van der Waals surface area contributed by atoms with Crippen molar-refractivity contribution < 1.29 is 5.11 Å². The molecule has 1 aromatic rings. The molecule has 2 bridgehead atoms. The molecule has 2 aliphatic carbocycles. The smallest absolute Gasteiger partial charge is 0.115 e. The van der Waals surface area contributed by atoms with Gasteiger partial charge in [-0.05, 0) is 68.6 Å². The second-order valence-corrected chi connectivity index (χ2v) is 8.99. The van der Waals surface area contributed by atoms with Crippen LogP contribution in [-0.2, 0) is 11.8 Å². The Morgan fingerprint density at radius 3 is 2.84 bits per heavy atom. The maximum absolute atomic E-state index is 10.1. The second kappa shape index (κ2) is 6.92. The highest BCUT2D eigenvalue weighted by Crippen LogP contribution is 2.45. The summed E-state index contributed by atoms with van der Waals surface area (Å²) in [5, 5.41) is 14.0. The number of likely N-dealkylation sites (N-methyl/N-ethyl adjacent to an activating group) is 1. The van der Waals surface area contributed by atoms with Gasteiger partial charge in [-0.2, -0.15) is 0 Å². The van der Waals surface area contributed by atoms with E-state index in [1.807, 2.05) is 12.1 Å². The molecule has 0 radical (unpaired) electrons. The fourth-order valence-electron chi connectivity index (χ4n) is 5.76. The zero-order valence-electron chi connectivity index (χ0n) is 15.9. The Balaban J connectivity index is 1.52. The van der Waals surface area contributed by atoms with E-state index < -0.39 is 0 Å². The van der Waals surface area contributed by atoms with Crippen LogP contribution in [0.25, 0.3) is 0 Å². The van der Waals surface area contributed by atoms with Crippen molar-refractivity contribution in [2.24, 2.45) is 5.92 Å². The molecule has 3 nitrogen and oxygen atoms in total. The number of nitrogens with zero attached hydrogens (tertiary/aromatic N) is 1. The number of benzene rings is 1. The number of phenolic OH excluding ortho intramolecular Hbond substituents is 1. The molecule has 1 saturated carbocycles. The van der Waals surface area contributed by atoms with Crippen molar-refractivity contribution >= 4 is 0 Å². The van der Waals surface area contributed by atoms with Crippen LogP contribution in [0.15, 0.2) is 18.2 Å². The Hall–Kier alpha value is -1.06. The molecular weight excluding hydrogens is 308 g/mol. The van der Waals surface area contributed by atoms with Crippen LogP contribution in [0.1, 0.15) is 63.0 Å². The van der Waals surface area contributed by atoms with Crippen LogP contribution in [0.2, 0.25) is 0 Å². The standard InChI is InChI=1S/C22H34N2O/c1-22-11-13-24(2)20(14-17-8-9-18(25)15-19(17)22)21(22)23-12-10-16-6-4-3-5-7-16/h8-9,15-16,20-21,23,25H,3-7,10-14H2,1-2H3/t20-,21-,22+/m1/s1. The van der Waals surface area contributed by atoms with Gasteiger partial charge < -0.3 is 15.3 Å². The summed E-state index contributed by atoms with van der Waals surface area (Å²) in [5.41, 5.74) is 2.95. The van der Waals surface area contributed by atoms with Gasteiger partial charge in [-0.1, -0.05) is 45.1 Å². The molecule has 0 aromatic heterocycles. The molecule has 4 rings (SSSR count). The van der Waals surface area contributed by atoms with Gasteiger partial charge in [0.15, 0.2) is 0 Å². The van der Waals surface area contributed by atoms with E-state index in [0.717, 1.165) is 31.8 Å². The monoisotopic (exact) mass is 342 g/mol. The van der Waals surface area contributed by atoms with E-state index in [-0.39, 0.29) is 5.41 Å². The number of piperidine rings is 1. The molecule has 0 unspecified atom stereocenters. The van der Waals surface area contributed by atoms with Crippen molar-refractivity contribution in [3.05, 3.63) is 29.3 Å². The molecule has 1 aliphatic heterocycles. The van der Waals surface area contributed by atoms with E-state index in [1.165, 1.54) is 49.7 Å². The van der Waals surface area contributed by atoms with Gasteiger partial charge in [0.2, 0.25) is 0 Å². The highest BCUT2D eigenvalue weighted by Gasteiger charge is 2.49. The van der Waals surface area contributed by atoms with Crippen LogP contribution in [-0.4, -0.2) is 42.2 Å². The number of nitrogens with one attached hydrogen (secondary N) is 1. The maximum atomic E-state index is 10.1. The van der Waals surface area contributed by atoms with Crippen LogP contribution in [0.3, 0.4) is 0 Å². The quantitative estimate of drug-likeness (QED) is 0.873. The highest BCUT2D eigenvalue weighted by atomic mass is 16.3. The molecule has 138 valence electrons. The summed E-state index contributed by atoms with van der Waals surface area (Å²) in [4.78, 5) is 2.55. The number of hydrogen-bond acceptors (Lipinski definition) is 3. The third-order valence-corrected chi connectivity index (χ3v) is 7.40. The molecule has 2 fully saturated rings. The number of likely N-dealkylation sites (tertiary alicyclic amines) is 1. The lowest BCUT2D eigenvalue weighted by atomic mass is 9.61. The normalized spacial score (nSPS) is 33.2. The van der Waals surface area contributed by atoms with E-state index in [0.29, 0.717) is 17.8 Å². The van der Waals surface area contributed by atoms with Crippen LogP contribution < -0.4 is 5.32 Å². The fraction of sp³-hybridized carbons (Fsp3) is 0.727. The van der Waals surface area contributed by atoms with Gasteiger partial charge in [0.05, 0.1) is 0 Å². The molecule has 1 aromatic carbocycles. The van der Waals surface area contributed by atoms with Crippen LogP contribution >= 0.6 is 0 Å². The number of hydrogen-bond donors (Lipinski definition) is 2. The first-order valence-corrected chi connectivity index (χ1v) is 10.3. The summed E-state index contributed by atoms with van der Waals surface area (Å²) >= 11 is 0. The van der Waals surface area contributed by atoms with E-state index in [4.69, 9.17) is 0 Å². The molecule has 0 spiro atoms. The molecule has 3 heteroatoms. The van der Waals surface area contributed by atoms with Crippen molar-refractivity contribution in [2.75, 3.05) is 20.1 Å². The molecule has 1 saturated heterocycles. The average Bonchev–Trinajstić information content (AvgIpc) is 2.62. The van der Waals surface area contributed by atoms with Crippen molar-refractivity contribution in [3.63, 3.8) is 0 Å². The molecule has 3 atom stereocenters. The van der Waals surface area contributed by atoms with Crippen molar-refractivity contribution in [2.45, 2.75) is 75.8 Å². The van der Waals surface area contributed by atoms with Crippen molar-refractivity contribution in [1.29, 1.82) is 0 Å². The van der Waals surface area contributed by atoms with Gasteiger partial charge in [0, 0.05) is 17.5 Å². The van der Waals surface area contributed by atoms with Crippen LogP contribution in [0, 0.1) is 5.92 Å². The number of fused-ring (bicyclic) bond motifs is 4. The highest BCUT2D eigenvalue weighted by molar-refractivity contribution is 5.45. The Bertz CT molecular complexity index is 610. The Morgan fingerprint density at radius 1 is 1.24 bits per heavy atom. The zero-order valence-corrected chi connectivity index (χ0v) is 15.9. The predicted molar refractivity (Wildman–Crippen MR) is 103 cm³/mol. The first-order chi connectivity index (χ1) is 12.1. The predicted octanol–water partition coefficient (Wildman–Crippen LogP) is 3.84. The van der Waals surface area contributed by atoms with Gasteiger partial charge in [-0.3, -0.25) is 0 Å². The fourth-order valence-corrected chi connectivity index (χ4v) is 5.76. The lowest BCUT2D eigenvalue weighted by Gasteiger charge is -2.55. The van der Waals surface area contributed by atoms with Crippen LogP contribution in [0.4, 0.5) is 0 Å². The summed E-state index contributed by atoms with van der Waals surface area (Å²) < 4.78 is 0. The Morgan fingerprint density at radius 2 is 2.04 bits per heavy atom. The summed E-state index contributed by atoms with van der Waals surface area (Å²) in [6.45, 7) is 4.71. The topological polar surface area (TPSA) is 35.5 Å². The Kier molecular flexibility index (Phi) is 4.81. The lowest BCUT2D eigenvalue weighted by Crippen LogP contribution is -2.66. The molecule has 25 heavy (non-hydrogen) atoms. The van der Waals surface area contributed by atoms with E-state index in [2.05, 4.69) is 30.3 Å². The largest absolute Gasteiger partial charge is 0.508 e. The minimum absolute atomic E-state index is 0.135. The van der Waals surface area contributed by atoms with Crippen molar-refractivity contribution in [1.82, 2.24) is 10.2 Å². The van der Waals surface area contributed by atoms with Gasteiger partial charge >= 0.3 is 0 Å². The molecule has 2 N–H and O–H groups in total. The van der Waals surface area contributed by atoms with Gasteiger partial charge in [-0.15, -0.1) is 0 Å². The van der Waals surface area contributed by atoms with Gasteiger partial charge in [0.25, 0.3) is 0 Å². The van der Waals surface area contributed by atoms with Crippen molar-refractivity contribution in [3.8, 4) is 5.75 Å². The van der Waals surface area contributed by atoms with E-state index in [9.17, 15) is 5.11 Å². The number of rotatable bonds is 4. The average molecular weight is 343 g/mol. The number of phenols is 1. The first kappa shape index (κ1) is 17.4. The SMILES string of the molecule is CN1CC[C@@]2(C)c3cc(O)ccc3C[C@@H]1[C@H]2NCCC1CCCCC1. The molecule has 3 aliphatic rings. The third kappa shape index (κ3) is 3.21. The second-order valence-electron chi connectivity index (χ2n) is 8.99. The van der Waals surface area contributed by atoms with E-state index >= 15 is 0 Å². The van der Waals surface area contributed by atoms with E-state index in [1.54, 1.807) is 0 Å². The maximum Gasteiger partial charge on any atom is 0.115 e. The molecule has 1 heterocycles. The third-order valence-electron chi connectivity index (χ3n) is 7.40.